The van der Waals surface area contributed by atoms with Crippen LogP contribution in [0.4, 0.5) is 0 Å². The molecule has 2 rings (SSSR count). The molecular formula is C12H19N3O. The number of nitrogens with zero attached hydrogens (tertiary/aromatic N) is 2. The number of hydrogen-bond acceptors (Lipinski definition) is 2. The molecule has 88 valence electrons. The van der Waals surface area contributed by atoms with Crippen LogP contribution in [0.15, 0.2) is 12.3 Å². The Bertz CT molecular complexity index is 397. The van der Waals surface area contributed by atoms with E-state index in [1.165, 1.54) is 11.3 Å². The molecule has 4 heteroatoms. The number of rotatable bonds is 2. The normalized spacial score (nSPS) is 17.1. The molecule has 0 aromatic carbocycles. The highest BCUT2D eigenvalue weighted by molar-refractivity contribution is 5.81. The van der Waals surface area contributed by atoms with Gasteiger partial charge >= 0.3 is 0 Å². The summed E-state index contributed by atoms with van der Waals surface area (Å²) in [5, 5.41) is 2.99. The van der Waals surface area contributed by atoms with Crippen LogP contribution in [0.3, 0.4) is 0 Å². The zero-order valence-corrected chi connectivity index (χ0v) is 10.2. The standard InChI is InChI=1S/C12H19N3O/c1-9-6-11-8-15(5-4-14(11)7-9)12(16)10(2)13-3/h6-7,10,13H,4-5,8H2,1-3H3/t10-/m0/s1. The molecule has 0 bridgehead atoms. The maximum absolute atomic E-state index is 12.0. The molecule has 1 aromatic heterocycles. The van der Waals surface area contributed by atoms with Gasteiger partial charge in [-0.25, -0.2) is 0 Å². The van der Waals surface area contributed by atoms with E-state index in [-0.39, 0.29) is 11.9 Å². The third-order valence-electron chi connectivity index (χ3n) is 3.20. The summed E-state index contributed by atoms with van der Waals surface area (Å²) in [7, 11) is 1.82. The highest BCUT2D eigenvalue weighted by Gasteiger charge is 2.23. The topological polar surface area (TPSA) is 37.3 Å². The van der Waals surface area contributed by atoms with Gasteiger partial charge in [0.05, 0.1) is 12.6 Å². The molecule has 0 saturated heterocycles. The predicted molar refractivity (Wildman–Crippen MR) is 63.1 cm³/mol. The van der Waals surface area contributed by atoms with Crippen LogP contribution in [0.5, 0.6) is 0 Å². The monoisotopic (exact) mass is 221 g/mol. The predicted octanol–water partition coefficient (Wildman–Crippen LogP) is 0.747. The third-order valence-corrected chi connectivity index (χ3v) is 3.20. The van der Waals surface area contributed by atoms with Crippen molar-refractivity contribution in [1.82, 2.24) is 14.8 Å². The van der Waals surface area contributed by atoms with Gasteiger partial charge in [0.1, 0.15) is 0 Å². The molecule has 1 atom stereocenters. The molecule has 16 heavy (non-hydrogen) atoms. The number of nitrogens with one attached hydrogen (secondary N) is 1. The Morgan fingerprint density at radius 2 is 2.25 bits per heavy atom. The van der Waals surface area contributed by atoms with Crippen molar-refractivity contribution in [2.45, 2.75) is 33.0 Å². The zero-order valence-electron chi connectivity index (χ0n) is 10.2. The summed E-state index contributed by atoms with van der Waals surface area (Å²) >= 11 is 0. The number of aryl methyl sites for hydroxylation is 1. The first-order valence-electron chi connectivity index (χ1n) is 5.73. The number of fused-ring (bicyclic) bond motifs is 1. The van der Waals surface area contributed by atoms with Crippen LogP contribution in [0.25, 0.3) is 0 Å². The van der Waals surface area contributed by atoms with Crippen LogP contribution in [0.2, 0.25) is 0 Å². The lowest BCUT2D eigenvalue weighted by atomic mass is 10.2. The molecule has 0 fully saturated rings. The van der Waals surface area contributed by atoms with Gasteiger partial charge in [-0.15, -0.1) is 0 Å². The molecule has 0 spiro atoms. The SMILES string of the molecule is CN[C@@H](C)C(=O)N1CCn2cc(C)cc2C1. The summed E-state index contributed by atoms with van der Waals surface area (Å²) in [6.45, 7) is 6.45. The smallest absolute Gasteiger partial charge is 0.239 e. The second-order valence-electron chi connectivity index (χ2n) is 4.47. The van der Waals surface area contributed by atoms with Crippen LogP contribution < -0.4 is 5.32 Å². The second-order valence-corrected chi connectivity index (χ2v) is 4.47. The summed E-state index contributed by atoms with van der Waals surface area (Å²) in [6.07, 6.45) is 2.15. The molecule has 0 aliphatic carbocycles. The largest absolute Gasteiger partial charge is 0.348 e. The van der Waals surface area contributed by atoms with Gasteiger partial charge in [0.2, 0.25) is 5.91 Å². The number of likely N-dealkylation sites (N-methyl/N-ethyl adjacent to an activating group) is 1. The molecule has 1 aliphatic rings. The van der Waals surface area contributed by atoms with Gasteiger partial charge in [-0.1, -0.05) is 0 Å². The molecule has 1 aromatic rings. The molecule has 0 saturated carbocycles. The van der Waals surface area contributed by atoms with E-state index in [0.717, 1.165) is 19.6 Å². The lowest BCUT2D eigenvalue weighted by molar-refractivity contribution is -0.134. The first-order chi connectivity index (χ1) is 7.61. The summed E-state index contributed by atoms with van der Waals surface area (Å²) < 4.78 is 2.24. The number of carbonyl (C=O) groups is 1. The molecule has 1 amide bonds. The first kappa shape index (κ1) is 11.2. The number of hydrogen-bond donors (Lipinski definition) is 1. The maximum atomic E-state index is 12.0. The fourth-order valence-electron chi connectivity index (χ4n) is 2.14. The fraction of sp³-hybridized carbons (Fsp3) is 0.583. The Morgan fingerprint density at radius 1 is 1.50 bits per heavy atom. The Labute approximate surface area is 96.2 Å². The van der Waals surface area contributed by atoms with Crippen LogP contribution in [0, 0.1) is 6.92 Å². The summed E-state index contributed by atoms with van der Waals surface area (Å²) in [4.78, 5) is 13.9. The van der Waals surface area contributed by atoms with Gasteiger partial charge in [-0.2, -0.15) is 0 Å². The molecule has 1 N–H and O–H groups in total. The van der Waals surface area contributed by atoms with Crippen LogP contribution in [0.1, 0.15) is 18.2 Å². The number of carbonyl (C=O) groups excluding carboxylic acids is 1. The van der Waals surface area contributed by atoms with Crippen LogP contribution in [-0.4, -0.2) is 35.0 Å². The molecule has 1 aliphatic heterocycles. The van der Waals surface area contributed by atoms with E-state index in [1.54, 1.807) is 0 Å². The minimum Gasteiger partial charge on any atom is -0.348 e. The van der Waals surface area contributed by atoms with Crippen molar-refractivity contribution in [3.8, 4) is 0 Å². The van der Waals surface area contributed by atoms with Crippen molar-refractivity contribution in [2.24, 2.45) is 0 Å². The van der Waals surface area contributed by atoms with E-state index < -0.39 is 0 Å². The van der Waals surface area contributed by atoms with Crippen LogP contribution >= 0.6 is 0 Å². The quantitative estimate of drug-likeness (QED) is 0.800. The van der Waals surface area contributed by atoms with E-state index in [4.69, 9.17) is 0 Å². The van der Waals surface area contributed by atoms with E-state index in [2.05, 4.69) is 29.1 Å². The van der Waals surface area contributed by atoms with Gasteiger partial charge in [0, 0.05) is 25.0 Å². The summed E-state index contributed by atoms with van der Waals surface area (Å²) in [5.41, 5.74) is 2.51. The van der Waals surface area contributed by atoms with E-state index in [1.807, 2.05) is 18.9 Å². The summed E-state index contributed by atoms with van der Waals surface area (Å²) in [6, 6.07) is 2.06. The number of aromatic nitrogens is 1. The molecule has 0 radical (unpaired) electrons. The van der Waals surface area contributed by atoms with Crippen molar-refractivity contribution in [3.63, 3.8) is 0 Å². The Kier molecular flexibility index (Phi) is 3.01. The Hall–Kier alpha value is -1.29. The lowest BCUT2D eigenvalue weighted by Gasteiger charge is -2.30. The summed E-state index contributed by atoms with van der Waals surface area (Å²) in [5.74, 6) is 0.188. The molecule has 4 nitrogen and oxygen atoms in total. The number of amides is 1. The van der Waals surface area contributed by atoms with Crippen molar-refractivity contribution < 1.29 is 4.79 Å². The van der Waals surface area contributed by atoms with Gasteiger partial charge in [-0.3, -0.25) is 4.79 Å². The molecular weight excluding hydrogens is 202 g/mol. The van der Waals surface area contributed by atoms with Gasteiger partial charge < -0.3 is 14.8 Å². The van der Waals surface area contributed by atoms with Crippen molar-refractivity contribution in [2.75, 3.05) is 13.6 Å². The average Bonchev–Trinajstić information content (AvgIpc) is 2.65. The Morgan fingerprint density at radius 3 is 2.94 bits per heavy atom. The van der Waals surface area contributed by atoms with Crippen LogP contribution in [-0.2, 0) is 17.9 Å². The molecule has 0 unspecified atom stereocenters. The first-order valence-corrected chi connectivity index (χ1v) is 5.73. The second kappa shape index (κ2) is 4.29. The minimum atomic E-state index is -0.0948. The lowest BCUT2D eigenvalue weighted by Crippen LogP contribution is -2.46. The molecule has 2 heterocycles. The highest BCUT2D eigenvalue weighted by atomic mass is 16.2. The average molecular weight is 221 g/mol. The van der Waals surface area contributed by atoms with Gasteiger partial charge in [0.15, 0.2) is 0 Å². The zero-order chi connectivity index (χ0) is 11.7. The van der Waals surface area contributed by atoms with E-state index in [9.17, 15) is 4.79 Å². The highest BCUT2D eigenvalue weighted by Crippen LogP contribution is 2.16. The van der Waals surface area contributed by atoms with E-state index >= 15 is 0 Å². The van der Waals surface area contributed by atoms with Crippen molar-refractivity contribution in [1.29, 1.82) is 0 Å². The fourth-order valence-corrected chi connectivity index (χ4v) is 2.14. The van der Waals surface area contributed by atoms with Gasteiger partial charge in [-0.05, 0) is 32.5 Å². The van der Waals surface area contributed by atoms with Gasteiger partial charge in [0.25, 0.3) is 0 Å². The Balaban J connectivity index is 2.10. The van der Waals surface area contributed by atoms with E-state index in [0.29, 0.717) is 0 Å². The van der Waals surface area contributed by atoms with Crippen molar-refractivity contribution >= 4 is 5.91 Å². The third kappa shape index (κ3) is 1.97. The maximum Gasteiger partial charge on any atom is 0.239 e. The van der Waals surface area contributed by atoms with Crippen molar-refractivity contribution in [3.05, 3.63) is 23.5 Å². The minimum absolute atomic E-state index is 0.0948.